The second-order valence-corrected chi connectivity index (χ2v) is 8.41. The van der Waals surface area contributed by atoms with Crippen LogP contribution in [-0.2, 0) is 16.4 Å². The van der Waals surface area contributed by atoms with Crippen molar-refractivity contribution in [3.63, 3.8) is 0 Å². The van der Waals surface area contributed by atoms with Crippen molar-refractivity contribution < 1.29 is 13.2 Å². The first kappa shape index (κ1) is 18.6. The van der Waals surface area contributed by atoms with Crippen LogP contribution in [-0.4, -0.2) is 32.8 Å². The molecule has 0 spiro atoms. The van der Waals surface area contributed by atoms with Crippen LogP contribution in [0.15, 0.2) is 47.4 Å². The van der Waals surface area contributed by atoms with Crippen molar-refractivity contribution >= 4 is 15.9 Å². The molecule has 1 aliphatic rings. The summed E-state index contributed by atoms with van der Waals surface area (Å²) in [7, 11) is -1.81. The summed E-state index contributed by atoms with van der Waals surface area (Å²) in [6.45, 7) is 3.86. The maximum Gasteiger partial charge on any atom is 0.254 e. The number of carbonyl (C=O) groups is 1. The van der Waals surface area contributed by atoms with Crippen molar-refractivity contribution in [3.05, 3.63) is 64.7 Å². The van der Waals surface area contributed by atoms with Crippen LogP contribution in [0.25, 0.3) is 0 Å². The van der Waals surface area contributed by atoms with E-state index < -0.39 is 10.0 Å². The number of nitrogens with one attached hydrogen (secondary N) is 1. The van der Waals surface area contributed by atoms with E-state index in [0.717, 1.165) is 18.4 Å². The Morgan fingerprint density at radius 1 is 1.23 bits per heavy atom. The molecule has 26 heavy (non-hydrogen) atoms. The number of benzene rings is 2. The smallest absolute Gasteiger partial charge is 0.254 e. The highest BCUT2D eigenvalue weighted by Gasteiger charge is 2.30. The largest absolute Gasteiger partial charge is 0.335 e. The normalized spacial score (nSPS) is 16.3. The van der Waals surface area contributed by atoms with Crippen molar-refractivity contribution in [1.82, 2.24) is 9.62 Å². The molecule has 2 aromatic carbocycles. The number of aryl methyl sites for hydroxylation is 2. The molecule has 0 saturated heterocycles. The molecule has 0 saturated carbocycles. The van der Waals surface area contributed by atoms with Crippen molar-refractivity contribution in [2.24, 2.45) is 0 Å². The first-order valence-electron chi connectivity index (χ1n) is 8.80. The number of fused-ring (bicyclic) bond motifs is 1. The topological polar surface area (TPSA) is 66.5 Å². The average Bonchev–Trinajstić information content (AvgIpc) is 3.04. The van der Waals surface area contributed by atoms with Gasteiger partial charge in [-0.05, 0) is 48.6 Å². The molecule has 0 fully saturated rings. The molecule has 0 aromatic heterocycles. The molecule has 1 N–H and O–H groups in total. The number of nitrogens with zero attached hydrogens (tertiary/aromatic N) is 1. The number of rotatable bonds is 5. The van der Waals surface area contributed by atoms with Gasteiger partial charge in [0.2, 0.25) is 10.0 Å². The molecule has 2 aromatic rings. The van der Waals surface area contributed by atoms with E-state index in [4.69, 9.17) is 0 Å². The molecule has 0 bridgehead atoms. The Kier molecular flexibility index (Phi) is 5.16. The van der Waals surface area contributed by atoms with Crippen LogP contribution in [0.4, 0.5) is 0 Å². The number of carbonyl (C=O) groups excluding carboxylic acids is 1. The lowest BCUT2D eigenvalue weighted by molar-refractivity contribution is 0.0729. The molecular weight excluding hydrogens is 348 g/mol. The first-order valence-corrected chi connectivity index (χ1v) is 10.3. The van der Waals surface area contributed by atoms with E-state index in [1.807, 2.05) is 19.1 Å². The molecular formula is C20H24N2O3S. The van der Waals surface area contributed by atoms with Crippen LogP contribution >= 0.6 is 0 Å². The summed E-state index contributed by atoms with van der Waals surface area (Å²) in [5.74, 6) is -0.155. The number of hydrogen-bond acceptors (Lipinski definition) is 3. The fourth-order valence-electron chi connectivity index (χ4n) is 3.54. The predicted molar refractivity (Wildman–Crippen MR) is 102 cm³/mol. The van der Waals surface area contributed by atoms with Crippen molar-refractivity contribution in [2.45, 2.75) is 37.6 Å². The van der Waals surface area contributed by atoms with Gasteiger partial charge in [0.1, 0.15) is 0 Å². The molecule has 0 aliphatic heterocycles. The summed E-state index contributed by atoms with van der Waals surface area (Å²) in [5, 5.41) is 0. The summed E-state index contributed by atoms with van der Waals surface area (Å²) in [4.78, 5) is 15.0. The Labute approximate surface area is 155 Å². The zero-order valence-corrected chi connectivity index (χ0v) is 16.1. The van der Waals surface area contributed by atoms with Crippen LogP contribution in [0.1, 0.15) is 46.4 Å². The molecule has 1 unspecified atom stereocenters. The molecule has 5 nitrogen and oxygen atoms in total. The van der Waals surface area contributed by atoms with Crippen LogP contribution in [0, 0.1) is 6.92 Å². The monoisotopic (exact) mass is 372 g/mol. The van der Waals surface area contributed by atoms with Gasteiger partial charge >= 0.3 is 0 Å². The summed E-state index contributed by atoms with van der Waals surface area (Å²) in [5.41, 5.74) is 3.65. The predicted octanol–water partition coefficient (Wildman–Crippen LogP) is 3.05. The minimum atomic E-state index is -3.60. The molecule has 1 aliphatic carbocycles. The first-order chi connectivity index (χ1) is 12.3. The summed E-state index contributed by atoms with van der Waals surface area (Å²) < 4.78 is 27.0. The van der Waals surface area contributed by atoms with E-state index in [9.17, 15) is 13.2 Å². The van der Waals surface area contributed by atoms with Gasteiger partial charge in [0.25, 0.3) is 5.91 Å². The van der Waals surface area contributed by atoms with E-state index in [0.29, 0.717) is 12.1 Å². The van der Waals surface area contributed by atoms with Gasteiger partial charge in [-0.3, -0.25) is 4.79 Å². The third-order valence-electron chi connectivity index (χ3n) is 4.97. The van der Waals surface area contributed by atoms with E-state index in [1.54, 1.807) is 24.9 Å². The van der Waals surface area contributed by atoms with Crippen LogP contribution in [0.5, 0.6) is 0 Å². The molecule has 1 amide bonds. The average molecular weight is 372 g/mol. The van der Waals surface area contributed by atoms with Gasteiger partial charge in [0, 0.05) is 19.2 Å². The van der Waals surface area contributed by atoms with Crippen LogP contribution in [0.3, 0.4) is 0 Å². The quantitative estimate of drug-likeness (QED) is 0.877. The van der Waals surface area contributed by atoms with Crippen LogP contribution < -0.4 is 4.72 Å². The number of hydrogen-bond donors (Lipinski definition) is 1. The Morgan fingerprint density at radius 2 is 1.96 bits per heavy atom. The van der Waals surface area contributed by atoms with Gasteiger partial charge < -0.3 is 4.90 Å². The Balaban J connectivity index is 1.93. The lowest BCUT2D eigenvalue weighted by Gasteiger charge is -2.26. The fourth-order valence-corrected chi connectivity index (χ4v) is 4.61. The minimum Gasteiger partial charge on any atom is -0.335 e. The highest BCUT2D eigenvalue weighted by Crippen LogP contribution is 2.35. The third kappa shape index (κ3) is 3.39. The molecule has 6 heteroatoms. The van der Waals surface area contributed by atoms with Crippen molar-refractivity contribution in [3.8, 4) is 0 Å². The van der Waals surface area contributed by atoms with Gasteiger partial charge in [-0.25, -0.2) is 13.1 Å². The standard InChI is InChI=1S/C20H24N2O3S/c1-4-21-26(24,25)16-11-9-14(2)18(13-16)20(23)22(3)19-12-10-15-7-5-6-8-17(15)19/h5-9,11,13,19,21H,4,10,12H2,1-3H3. The highest BCUT2D eigenvalue weighted by molar-refractivity contribution is 7.89. The van der Waals surface area contributed by atoms with Gasteiger partial charge in [0.15, 0.2) is 0 Å². The third-order valence-corrected chi connectivity index (χ3v) is 6.52. The maximum absolute atomic E-state index is 13.1. The fraction of sp³-hybridized carbons (Fsp3) is 0.350. The lowest BCUT2D eigenvalue weighted by atomic mass is 10.0. The zero-order chi connectivity index (χ0) is 18.9. The van der Waals surface area contributed by atoms with Gasteiger partial charge in [0.05, 0.1) is 10.9 Å². The molecule has 0 heterocycles. The van der Waals surface area contributed by atoms with E-state index in [2.05, 4.69) is 16.9 Å². The second kappa shape index (κ2) is 7.21. The van der Waals surface area contributed by atoms with E-state index >= 15 is 0 Å². The van der Waals surface area contributed by atoms with Crippen molar-refractivity contribution in [1.29, 1.82) is 0 Å². The lowest BCUT2D eigenvalue weighted by Crippen LogP contribution is -2.31. The van der Waals surface area contributed by atoms with Crippen LogP contribution in [0.2, 0.25) is 0 Å². The highest BCUT2D eigenvalue weighted by atomic mass is 32.2. The Morgan fingerprint density at radius 3 is 2.69 bits per heavy atom. The minimum absolute atomic E-state index is 0.0205. The molecule has 0 radical (unpaired) electrons. The molecule has 138 valence electrons. The second-order valence-electron chi connectivity index (χ2n) is 6.65. The number of sulfonamides is 1. The Hall–Kier alpha value is -2.18. The maximum atomic E-state index is 13.1. The SMILES string of the molecule is CCNS(=O)(=O)c1ccc(C)c(C(=O)N(C)C2CCc3ccccc32)c1. The molecule has 1 atom stereocenters. The molecule has 3 rings (SSSR count). The van der Waals surface area contributed by atoms with Gasteiger partial charge in [-0.15, -0.1) is 0 Å². The number of amides is 1. The van der Waals surface area contributed by atoms with Gasteiger partial charge in [-0.1, -0.05) is 37.3 Å². The van der Waals surface area contributed by atoms with Gasteiger partial charge in [-0.2, -0.15) is 0 Å². The summed E-state index contributed by atoms with van der Waals surface area (Å²) >= 11 is 0. The zero-order valence-electron chi connectivity index (χ0n) is 15.3. The Bertz CT molecular complexity index is 938. The summed E-state index contributed by atoms with van der Waals surface area (Å²) in [6, 6.07) is 12.9. The van der Waals surface area contributed by atoms with Crippen molar-refractivity contribution in [2.75, 3.05) is 13.6 Å². The van der Waals surface area contributed by atoms with E-state index in [1.165, 1.54) is 23.3 Å². The van der Waals surface area contributed by atoms with E-state index in [-0.39, 0.29) is 16.8 Å². The summed E-state index contributed by atoms with van der Waals surface area (Å²) in [6.07, 6.45) is 1.84.